The van der Waals surface area contributed by atoms with E-state index in [1.165, 1.54) is 23.5 Å². The Morgan fingerprint density at radius 3 is 2.69 bits per heavy atom. The van der Waals surface area contributed by atoms with Gasteiger partial charge >= 0.3 is 0 Å². The molecular weight excluding hydrogens is 436 g/mol. The minimum Gasteiger partial charge on any atom is -0.385 e. The van der Waals surface area contributed by atoms with Crippen LogP contribution < -0.4 is 5.32 Å². The molecule has 0 unspecified atom stereocenters. The van der Waals surface area contributed by atoms with Gasteiger partial charge in [-0.05, 0) is 24.7 Å². The lowest BCUT2D eigenvalue weighted by atomic mass is 10.2. The van der Waals surface area contributed by atoms with Gasteiger partial charge in [0.25, 0.3) is 11.6 Å². The van der Waals surface area contributed by atoms with Crippen LogP contribution in [0.2, 0.25) is 5.02 Å². The highest BCUT2D eigenvalue weighted by Crippen LogP contribution is 2.38. The van der Waals surface area contributed by atoms with Gasteiger partial charge in [0.1, 0.15) is 4.88 Å². The van der Waals surface area contributed by atoms with Gasteiger partial charge in [-0.2, -0.15) is 0 Å². The van der Waals surface area contributed by atoms with E-state index in [9.17, 15) is 14.9 Å². The van der Waals surface area contributed by atoms with Crippen molar-refractivity contribution in [3.63, 3.8) is 0 Å². The number of fused-ring (bicyclic) bond motifs is 1. The molecule has 1 aromatic carbocycles. The van der Waals surface area contributed by atoms with Crippen LogP contribution in [0.4, 0.5) is 5.69 Å². The number of carbonyl (C=O) groups is 1. The van der Waals surface area contributed by atoms with E-state index in [-0.39, 0.29) is 11.6 Å². The van der Waals surface area contributed by atoms with Crippen molar-refractivity contribution >= 4 is 61.9 Å². The van der Waals surface area contributed by atoms with Crippen LogP contribution in [0.25, 0.3) is 10.1 Å². The van der Waals surface area contributed by atoms with E-state index < -0.39 is 4.92 Å². The predicted octanol–water partition coefficient (Wildman–Crippen LogP) is 3.13. The Kier molecular flexibility index (Phi) is 7.23. The second-order valence-electron chi connectivity index (χ2n) is 6.54. The number of nitro benzene ring substituents is 1. The number of thiocarbonyl (C=S) groups is 1. The molecule has 0 aliphatic carbocycles. The summed E-state index contributed by atoms with van der Waals surface area (Å²) in [7, 11) is 1.67. The van der Waals surface area contributed by atoms with Crippen LogP contribution in [0, 0.1) is 10.1 Å². The normalized spacial score (nSPS) is 14.3. The molecule has 29 heavy (non-hydrogen) atoms. The minimum atomic E-state index is -0.458. The van der Waals surface area contributed by atoms with E-state index in [4.69, 9.17) is 28.6 Å². The molecule has 0 bridgehead atoms. The molecule has 1 fully saturated rings. The molecule has 0 atom stereocenters. The first kappa shape index (κ1) is 21.7. The van der Waals surface area contributed by atoms with Gasteiger partial charge in [0.05, 0.1) is 9.95 Å². The Morgan fingerprint density at radius 2 is 2.03 bits per heavy atom. The van der Waals surface area contributed by atoms with E-state index in [1.807, 2.05) is 4.90 Å². The first-order valence-corrected chi connectivity index (χ1v) is 10.7. The van der Waals surface area contributed by atoms with Gasteiger partial charge in [-0.3, -0.25) is 14.9 Å². The number of rotatable bonds is 6. The maximum absolute atomic E-state index is 13.0. The number of piperazine rings is 1. The summed E-state index contributed by atoms with van der Waals surface area (Å²) >= 11 is 13.0. The van der Waals surface area contributed by atoms with Crippen molar-refractivity contribution < 1.29 is 14.5 Å². The lowest BCUT2D eigenvalue weighted by Crippen LogP contribution is -2.53. The molecule has 1 amide bonds. The Morgan fingerprint density at radius 1 is 1.34 bits per heavy atom. The van der Waals surface area contributed by atoms with Crippen LogP contribution >= 0.6 is 35.2 Å². The maximum atomic E-state index is 13.0. The third-order valence-electron chi connectivity index (χ3n) is 4.67. The second kappa shape index (κ2) is 9.66. The number of nitro groups is 1. The standard InChI is InChI=1S/C18H21ClN4O4S2/c1-27-10-2-5-20-18(28)22-8-6-21(7-9-22)17(24)16-15(19)13-4-3-12(23(25)26)11-14(13)29-16/h3-4,11H,2,5-10H2,1H3,(H,20,28). The molecule has 0 spiro atoms. The molecular formula is C18H21ClN4O4S2. The number of amides is 1. The van der Waals surface area contributed by atoms with Crippen molar-refractivity contribution in [3.05, 3.63) is 38.2 Å². The maximum Gasteiger partial charge on any atom is 0.270 e. The fourth-order valence-corrected chi connectivity index (χ4v) is 4.88. The number of nitrogens with one attached hydrogen (secondary N) is 1. The summed E-state index contributed by atoms with van der Waals surface area (Å²) in [4.78, 5) is 27.7. The summed E-state index contributed by atoms with van der Waals surface area (Å²) < 4.78 is 5.65. The van der Waals surface area contributed by atoms with E-state index in [2.05, 4.69) is 5.32 Å². The zero-order valence-electron chi connectivity index (χ0n) is 15.9. The topological polar surface area (TPSA) is 88.0 Å². The number of carbonyl (C=O) groups excluding carboxylic acids is 1. The van der Waals surface area contributed by atoms with E-state index in [0.29, 0.717) is 57.9 Å². The number of halogens is 1. The Labute approximate surface area is 182 Å². The molecule has 2 heterocycles. The number of thiophene rings is 1. The Balaban J connectivity index is 1.63. The summed E-state index contributed by atoms with van der Waals surface area (Å²) in [6, 6.07) is 4.44. The monoisotopic (exact) mass is 456 g/mol. The number of ether oxygens (including phenoxy) is 1. The summed E-state index contributed by atoms with van der Waals surface area (Å²) in [5, 5.41) is 15.9. The molecule has 0 saturated carbocycles. The third kappa shape index (κ3) is 4.95. The summed E-state index contributed by atoms with van der Waals surface area (Å²) in [5.41, 5.74) is -0.0189. The number of hydrogen-bond donors (Lipinski definition) is 1. The molecule has 1 aliphatic rings. The summed E-state index contributed by atoms with van der Waals surface area (Å²) in [5.74, 6) is -0.155. The van der Waals surface area contributed by atoms with Crippen LogP contribution in [-0.4, -0.2) is 72.2 Å². The highest BCUT2D eigenvalue weighted by Gasteiger charge is 2.27. The van der Waals surface area contributed by atoms with Crippen molar-refractivity contribution in [3.8, 4) is 0 Å². The Hall–Kier alpha value is -2.01. The zero-order chi connectivity index (χ0) is 21.0. The molecule has 1 N–H and O–H groups in total. The lowest BCUT2D eigenvalue weighted by molar-refractivity contribution is -0.384. The van der Waals surface area contributed by atoms with Gasteiger partial charge < -0.3 is 19.9 Å². The number of nitrogens with zero attached hydrogens (tertiary/aromatic N) is 3. The molecule has 8 nitrogen and oxygen atoms in total. The predicted molar refractivity (Wildman–Crippen MR) is 118 cm³/mol. The molecule has 1 aliphatic heterocycles. The SMILES string of the molecule is COCCCNC(=S)N1CCN(C(=O)c2sc3cc([N+](=O)[O-])ccc3c2Cl)CC1. The van der Waals surface area contributed by atoms with E-state index in [0.717, 1.165) is 13.0 Å². The van der Waals surface area contributed by atoms with Gasteiger partial charge in [-0.1, -0.05) is 11.6 Å². The average molecular weight is 457 g/mol. The average Bonchev–Trinajstić information content (AvgIpc) is 3.06. The van der Waals surface area contributed by atoms with Crippen LogP contribution in [0.3, 0.4) is 0 Å². The smallest absolute Gasteiger partial charge is 0.270 e. The minimum absolute atomic E-state index is 0.0189. The van der Waals surface area contributed by atoms with Crippen molar-refractivity contribution in [2.24, 2.45) is 0 Å². The lowest BCUT2D eigenvalue weighted by Gasteiger charge is -2.36. The number of hydrogen-bond acceptors (Lipinski definition) is 6. The summed E-state index contributed by atoms with van der Waals surface area (Å²) in [6.07, 6.45) is 0.873. The van der Waals surface area contributed by atoms with Gasteiger partial charge in [0.2, 0.25) is 0 Å². The van der Waals surface area contributed by atoms with Crippen molar-refractivity contribution in [1.29, 1.82) is 0 Å². The number of benzene rings is 1. The fourth-order valence-electron chi connectivity index (χ4n) is 3.08. The molecule has 2 aromatic rings. The van der Waals surface area contributed by atoms with Crippen molar-refractivity contribution in [1.82, 2.24) is 15.1 Å². The van der Waals surface area contributed by atoms with Gasteiger partial charge in [-0.15, -0.1) is 11.3 Å². The quantitative estimate of drug-likeness (QED) is 0.309. The highest BCUT2D eigenvalue weighted by atomic mass is 35.5. The van der Waals surface area contributed by atoms with Crippen molar-refractivity contribution in [2.75, 3.05) is 46.4 Å². The first-order valence-electron chi connectivity index (χ1n) is 9.09. The van der Waals surface area contributed by atoms with Gasteiger partial charge in [0, 0.05) is 68.7 Å². The first-order chi connectivity index (χ1) is 13.9. The molecule has 0 radical (unpaired) electrons. The number of methoxy groups -OCH3 is 1. The molecule has 3 rings (SSSR count). The third-order valence-corrected chi connectivity index (χ3v) is 6.72. The second-order valence-corrected chi connectivity index (χ2v) is 8.36. The van der Waals surface area contributed by atoms with Crippen LogP contribution in [0.5, 0.6) is 0 Å². The molecule has 11 heteroatoms. The van der Waals surface area contributed by atoms with Crippen LogP contribution in [0.15, 0.2) is 18.2 Å². The summed E-state index contributed by atoms with van der Waals surface area (Å²) in [6.45, 7) is 3.75. The molecule has 1 saturated heterocycles. The van der Waals surface area contributed by atoms with E-state index >= 15 is 0 Å². The molecule has 156 valence electrons. The fraction of sp³-hybridized carbons (Fsp3) is 0.444. The van der Waals surface area contributed by atoms with Crippen molar-refractivity contribution in [2.45, 2.75) is 6.42 Å². The van der Waals surface area contributed by atoms with Gasteiger partial charge in [0.15, 0.2) is 5.11 Å². The number of non-ortho nitro benzene ring substituents is 1. The van der Waals surface area contributed by atoms with Gasteiger partial charge in [-0.25, -0.2) is 0 Å². The van der Waals surface area contributed by atoms with E-state index in [1.54, 1.807) is 18.1 Å². The Bertz CT molecular complexity index is 928. The van der Waals surface area contributed by atoms with Crippen LogP contribution in [0.1, 0.15) is 16.1 Å². The van der Waals surface area contributed by atoms with Crippen LogP contribution in [-0.2, 0) is 4.74 Å². The molecule has 1 aromatic heterocycles. The largest absolute Gasteiger partial charge is 0.385 e. The zero-order valence-corrected chi connectivity index (χ0v) is 18.2. The highest BCUT2D eigenvalue weighted by molar-refractivity contribution is 7.80.